The highest BCUT2D eigenvalue weighted by molar-refractivity contribution is 9.10. The topological polar surface area (TPSA) is 29.5 Å². The van der Waals surface area contributed by atoms with Crippen molar-refractivity contribution in [1.82, 2.24) is 0 Å². The molecule has 2 atom stereocenters. The van der Waals surface area contributed by atoms with Crippen molar-refractivity contribution in [2.75, 3.05) is 0 Å². The Labute approximate surface area is 105 Å². The van der Waals surface area contributed by atoms with Crippen LogP contribution in [0.2, 0.25) is 0 Å². The van der Waals surface area contributed by atoms with E-state index in [1.807, 2.05) is 24.3 Å². The molecule has 0 radical (unpaired) electrons. The molecule has 3 heteroatoms. The fraction of sp³-hybridized carbons (Fsp3) is 0.538. The Balaban J connectivity index is 1.99. The highest BCUT2D eigenvalue weighted by Gasteiger charge is 2.22. The largest absolute Gasteiger partial charge is 0.488 e. The van der Waals surface area contributed by atoms with E-state index in [-0.39, 0.29) is 12.2 Å². The predicted octanol–water partition coefficient (Wildman–Crippen LogP) is 3.52. The van der Waals surface area contributed by atoms with Crippen molar-refractivity contribution >= 4 is 15.9 Å². The number of ether oxygens (including phenoxy) is 1. The Morgan fingerprint density at radius 1 is 1.06 bits per heavy atom. The molecule has 1 N–H and O–H groups in total. The average molecular weight is 285 g/mol. The SMILES string of the molecule is OC1CCCCCC1Oc1ccc(Br)cc1. The van der Waals surface area contributed by atoms with Gasteiger partial charge in [0.05, 0.1) is 6.10 Å². The van der Waals surface area contributed by atoms with Gasteiger partial charge in [-0.25, -0.2) is 0 Å². The third-order valence-electron chi connectivity index (χ3n) is 3.02. The van der Waals surface area contributed by atoms with Crippen LogP contribution in [0.4, 0.5) is 0 Å². The minimum absolute atomic E-state index is 0.0383. The molecule has 1 aliphatic rings. The summed E-state index contributed by atoms with van der Waals surface area (Å²) in [6.45, 7) is 0. The van der Waals surface area contributed by atoms with Crippen molar-refractivity contribution in [3.63, 3.8) is 0 Å². The van der Waals surface area contributed by atoms with E-state index in [0.29, 0.717) is 0 Å². The molecule has 1 saturated carbocycles. The van der Waals surface area contributed by atoms with Gasteiger partial charge in [-0.3, -0.25) is 0 Å². The van der Waals surface area contributed by atoms with Crippen molar-refractivity contribution in [3.05, 3.63) is 28.7 Å². The van der Waals surface area contributed by atoms with Crippen LogP contribution in [0.15, 0.2) is 28.7 Å². The first-order valence-electron chi connectivity index (χ1n) is 5.86. The number of hydrogen-bond acceptors (Lipinski definition) is 2. The summed E-state index contributed by atoms with van der Waals surface area (Å²) in [5.74, 6) is 0.842. The standard InChI is InChI=1S/C13H17BrO2/c14-10-6-8-11(9-7-10)16-13-5-3-1-2-4-12(13)15/h6-9,12-13,15H,1-5H2. The van der Waals surface area contributed by atoms with Crippen LogP contribution in [0.5, 0.6) is 5.75 Å². The highest BCUT2D eigenvalue weighted by atomic mass is 79.9. The number of hydrogen-bond donors (Lipinski definition) is 1. The lowest BCUT2D eigenvalue weighted by atomic mass is 10.1. The van der Waals surface area contributed by atoms with Crippen molar-refractivity contribution in [3.8, 4) is 5.75 Å². The Hall–Kier alpha value is -0.540. The first kappa shape index (κ1) is 11.9. The summed E-state index contributed by atoms with van der Waals surface area (Å²) in [6.07, 6.45) is 4.93. The van der Waals surface area contributed by atoms with Crippen molar-refractivity contribution in [1.29, 1.82) is 0 Å². The van der Waals surface area contributed by atoms with Gasteiger partial charge in [0, 0.05) is 4.47 Å². The number of aliphatic hydroxyl groups is 1. The lowest BCUT2D eigenvalue weighted by Gasteiger charge is -2.21. The fourth-order valence-electron chi connectivity index (χ4n) is 2.08. The molecular formula is C13H17BrO2. The Morgan fingerprint density at radius 2 is 1.75 bits per heavy atom. The van der Waals surface area contributed by atoms with Gasteiger partial charge >= 0.3 is 0 Å². The maximum absolute atomic E-state index is 9.93. The molecule has 88 valence electrons. The van der Waals surface area contributed by atoms with Gasteiger partial charge in [-0.15, -0.1) is 0 Å². The predicted molar refractivity (Wildman–Crippen MR) is 67.6 cm³/mol. The van der Waals surface area contributed by atoms with Crippen LogP contribution < -0.4 is 4.74 Å². The monoisotopic (exact) mass is 284 g/mol. The lowest BCUT2D eigenvalue weighted by molar-refractivity contribution is 0.0320. The zero-order valence-corrected chi connectivity index (χ0v) is 10.8. The van der Waals surface area contributed by atoms with Crippen molar-refractivity contribution < 1.29 is 9.84 Å². The molecular weight excluding hydrogens is 268 g/mol. The molecule has 1 aliphatic carbocycles. The van der Waals surface area contributed by atoms with Gasteiger partial charge in [0.25, 0.3) is 0 Å². The van der Waals surface area contributed by atoms with Gasteiger partial charge in [-0.05, 0) is 43.5 Å². The molecule has 2 rings (SSSR count). The van der Waals surface area contributed by atoms with E-state index in [0.717, 1.165) is 35.9 Å². The molecule has 2 unspecified atom stereocenters. The summed E-state index contributed by atoms with van der Waals surface area (Å²) >= 11 is 3.39. The maximum Gasteiger partial charge on any atom is 0.124 e. The van der Waals surface area contributed by atoms with Crippen LogP contribution in [0.25, 0.3) is 0 Å². The van der Waals surface area contributed by atoms with Gasteiger partial charge < -0.3 is 9.84 Å². The van der Waals surface area contributed by atoms with Gasteiger partial charge in [0.15, 0.2) is 0 Å². The van der Waals surface area contributed by atoms with E-state index < -0.39 is 0 Å². The Kier molecular flexibility index (Phi) is 4.24. The Morgan fingerprint density at radius 3 is 2.50 bits per heavy atom. The van der Waals surface area contributed by atoms with E-state index in [4.69, 9.17) is 4.74 Å². The van der Waals surface area contributed by atoms with E-state index >= 15 is 0 Å². The minimum atomic E-state index is -0.314. The summed E-state index contributed by atoms with van der Waals surface area (Å²) in [4.78, 5) is 0. The molecule has 1 aromatic carbocycles. The van der Waals surface area contributed by atoms with Gasteiger partial charge in [-0.2, -0.15) is 0 Å². The molecule has 0 amide bonds. The second-order valence-corrected chi connectivity index (χ2v) is 5.23. The number of benzene rings is 1. The van der Waals surface area contributed by atoms with Gasteiger partial charge in [-0.1, -0.05) is 28.8 Å². The van der Waals surface area contributed by atoms with Gasteiger partial charge in [0.1, 0.15) is 11.9 Å². The van der Waals surface area contributed by atoms with Crippen LogP contribution >= 0.6 is 15.9 Å². The molecule has 0 spiro atoms. The number of halogens is 1. The maximum atomic E-state index is 9.93. The van der Waals surface area contributed by atoms with E-state index in [1.54, 1.807) is 0 Å². The molecule has 0 aliphatic heterocycles. The second-order valence-electron chi connectivity index (χ2n) is 4.32. The van der Waals surface area contributed by atoms with Crippen molar-refractivity contribution in [2.45, 2.75) is 44.3 Å². The average Bonchev–Trinajstić information content (AvgIpc) is 2.48. The normalized spacial score (nSPS) is 26.1. The fourth-order valence-corrected chi connectivity index (χ4v) is 2.34. The second kappa shape index (κ2) is 5.69. The first-order chi connectivity index (χ1) is 7.75. The molecule has 1 fully saturated rings. The van der Waals surface area contributed by atoms with Crippen LogP contribution in [-0.4, -0.2) is 17.3 Å². The van der Waals surface area contributed by atoms with Crippen LogP contribution in [0.3, 0.4) is 0 Å². The third kappa shape index (κ3) is 3.22. The quantitative estimate of drug-likeness (QED) is 0.842. The molecule has 0 aromatic heterocycles. The zero-order valence-electron chi connectivity index (χ0n) is 9.23. The summed E-state index contributed by atoms with van der Waals surface area (Å²) < 4.78 is 6.87. The van der Waals surface area contributed by atoms with E-state index in [9.17, 15) is 5.11 Å². The highest BCUT2D eigenvalue weighted by Crippen LogP contribution is 2.24. The summed E-state index contributed by atoms with van der Waals surface area (Å²) in [5, 5.41) is 9.93. The third-order valence-corrected chi connectivity index (χ3v) is 3.55. The lowest BCUT2D eigenvalue weighted by Crippen LogP contribution is -2.30. The minimum Gasteiger partial charge on any atom is -0.488 e. The van der Waals surface area contributed by atoms with Crippen LogP contribution in [0.1, 0.15) is 32.1 Å². The van der Waals surface area contributed by atoms with E-state index in [2.05, 4.69) is 15.9 Å². The van der Waals surface area contributed by atoms with Crippen molar-refractivity contribution in [2.24, 2.45) is 0 Å². The van der Waals surface area contributed by atoms with Gasteiger partial charge in [0.2, 0.25) is 0 Å². The molecule has 1 aromatic rings. The summed E-state index contributed by atoms with van der Waals surface area (Å²) in [6, 6.07) is 7.78. The molecule has 0 bridgehead atoms. The molecule has 16 heavy (non-hydrogen) atoms. The Bertz CT molecular complexity index is 323. The molecule has 0 saturated heterocycles. The molecule has 0 heterocycles. The zero-order chi connectivity index (χ0) is 11.4. The van der Waals surface area contributed by atoms with Crippen LogP contribution in [-0.2, 0) is 0 Å². The van der Waals surface area contributed by atoms with Crippen LogP contribution in [0, 0.1) is 0 Å². The molecule has 2 nitrogen and oxygen atoms in total. The summed E-state index contributed by atoms with van der Waals surface area (Å²) in [7, 11) is 0. The number of aliphatic hydroxyl groups excluding tert-OH is 1. The first-order valence-corrected chi connectivity index (χ1v) is 6.65. The number of rotatable bonds is 2. The smallest absolute Gasteiger partial charge is 0.124 e. The summed E-state index contributed by atoms with van der Waals surface area (Å²) in [5.41, 5.74) is 0. The van der Waals surface area contributed by atoms with E-state index in [1.165, 1.54) is 6.42 Å².